The molecule has 1 saturated carbocycles. The fraction of sp³-hybridized carbons (Fsp3) is 0.556. The number of amides is 2. The first-order chi connectivity index (χ1) is 12.0. The van der Waals surface area contributed by atoms with Crippen molar-refractivity contribution in [3.05, 3.63) is 28.2 Å². The normalized spacial score (nSPS) is 14.8. The number of hydrogen-bond donors (Lipinski definition) is 1. The quantitative estimate of drug-likeness (QED) is 0.777. The number of carbonyl (C=O) groups is 2. The third kappa shape index (κ3) is 6.40. The van der Waals surface area contributed by atoms with E-state index in [0.717, 1.165) is 25.7 Å². The van der Waals surface area contributed by atoms with Crippen molar-refractivity contribution in [3.63, 3.8) is 0 Å². The van der Waals surface area contributed by atoms with Crippen LogP contribution in [0.1, 0.15) is 39.0 Å². The van der Waals surface area contributed by atoms with Gasteiger partial charge in [0.2, 0.25) is 5.91 Å². The summed E-state index contributed by atoms with van der Waals surface area (Å²) in [6.45, 7) is 2.38. The summed E-state index contributed by atoms with van der Waals surface area (Å²) in [5, 5.41) is 3.65. The molecule has 0 radical (unpaired) electrons. The molecule has 2 amide bonds. The number of halogens is 2. The highest BCUT2D eigenvalue weighted by Gasteiger charge is 2.22. The summed E-state index contributed by atoms with van der Waals surface area (Å²) < 4.78 is 5.39. The van der Waals surface area contributed by atoms with Gasteiger partial charge in [-0.15, -0.1) is 0 Å². The monoisotopic (exact) mass is 386 g/mol. The second-order valence-electron chi connectivity index (χ2n) is 6.22. The van der Waals surface area contributed by atoms with Crippen molar-refractivity contribution in [3.8, 4) is 5.75 Å². The second kappa shape index (κ2) is 9.88. The molecule has 0 unspecified atom stereocenters. The Bertz CT molecular complexity index is 604. The van der Waals surface area contributed by atoms with E-state index in [4.69, 9.17) is 27.9 Å². The van der Waals surface area contributed by atoms with E-state index in [9.17, 15) is 9.59 Å². The van der Waals surface area contributed by atoms with Crippen molar-refractivity contribution >= 4 is 35.0 Å². The molecular formula is C18H24Cl2N2O3. The molecule has 1 aromatic carbocycles. The molecule has 138 valence electrons. The number of benzene rings is 1. The summed E-state index contributed by atoms with van der Waals surface area (Å²) in [5.41, 5.74) is 0. The molecule has 1 aliphatic rings. The number of ether oxygens (including phenoxy) is 1. The average Bonchev–Trinajstić information content (AvgIpc) is 2.58. The van der Waals surface area contributed by atoms with E-state index < -0.39 is 0 Å². The number of nitrogens with zero attached hydrogens (tertiary/aromatic N) is 1. The highest BCUT2D eigenvalue weighted by atomic mass is 35.5. The van der Waals surface area contributed by atoms with Crippen LogP contribution in [0.15, 0.2) is 18.2 Å². The van der Waals surface area contributed by atoms with E-state index in [2.05, 4.69) is 5.32 Å². The van der Waals surface area contributed by atoms with E-state index >= 15 is 0 Å². The molecule has 5 nitrogen and oxygen atoms in total. The summed E-state index contributed by atoms with van der Waals surface area (Å²) in [6.07, 6.45) is 5.66. The van der Waals surface area contributed by atoms with Gasteiger partial charge in [-0.05, 0) is 31.0 Å². The lowest BCUT2D eigenvalue weighted by Crippen LogP contribution is -2.45. The number of nitrogens with one attached hydrogen (secondary N) is 1. The minimum absolute atomic E-state index is 0.0605. The molecule has 0 aliphatic heterocycles. The van der Waals surface area contributed by atoms with Crippen molar-refractivity contribution < 1.29 is 14.3 Å². The molecular weight excluding hydrogens is 363 g/mol. The van der Waals surface area contributed by atoms with Gasteiger partial charge in [-0.3, -0.25) is 9.59 Å². The lowest BCUT2D eigenvalue weighted by Gasteiger charge is -2.33. The maximum atomic E-state index is 11.9. The Morgan fingerprint density at radius 3 is 2.60 bits per heavy atom. The number of carbonyl (C=O) groups excluding carboxylic acids is 2. The van der Waals surface area contributed by atoms with E-state index in [1.54, 1.807) is 25.1 Å². The zero-order valence-electron chi connectivity index (χ0n) is 14.4. The molecule has 7 heteroatoms. The molecule has 0 heterocycles. The van der Waals surface area contributed by atoms with Crippen molar-refractivity contribution in [1.29, 1.82) is 0 Å². The van der Waals surface area contributed by atoms with Crippen LogP contribution in [0.3, 0.4) is 0 Å². The Labute approximate surface area is 158 Å². The summed E-state index contributed by atoms with van der Waals surface area (Å²) in [7, 11) is 0. The first-order valence-electron chi connectivity index (χ1n) is 8.59. The molecule has 0 saturated heterocycles. The minimum Gasteiger partial charge on any atom is -0.482 e. The van der Waals surface area contributed by atoms with E-state index in [1.807, 2.05) is 4.90 Å². The third-order valence-electron chi connectivity index (χ3n) is 4.35. The predicted octanol–water partition coefficient (Wildman–Crippen LogP) is 3.67. The smallest absolute Gasteiger partial charge is 0.258 e. The van der Waals surface area contributed by atoms with E-state index in [1.165, 1.54) is 6.42 Å². The largest absolute Gasteiger partial charge is 0.482 e. The number of rotatable bonds is 7. The van der Waals surface area contributed by atoms with Crippen molar-refractivity contribution in [1.82, 2.24) is 10.2 Å². The van der Waals surface area contributed by atoms with E-state index in [-0.39, 0.29) is 18.4 Å². The van der Waals surface area contributed by atoms with Gasteiger partial charge >= 0.3 is 0 Å². The SMILES string of the molecule is CC(=O)N(CCNC(=O)COc1ccc(Cl)cc1Cl)C1CCCCC1. The van der Waals surface area contributed by atoms with Gasteiger partial charge in [0.1, 0.15) is 5.75 Å². The third-order valence-corrected chi connectivity index (χ3v) is 4.88. The molecule has 0 bridgehead atoms. The first kappa shape index (κ1) is 19.9. The van der Waals surface area contributed by atoms with Gasteiger partial charge in [-0.1, -0.05) is 42.5 Å². The molecule has 0 aromatic heterocycles. The Balaban J connectivity index is 1.74. The summed E-state index contributed by atoms with van der Waals surface area (Å²) >= 11 is 11.8. The fourth-order valence-corrected chi connectivity index (χ4v) is 3.56. The summed E-state index contributed by atoms with van der Waals surface area (Å²) in [6, 6.07) is 5.13. The maximum Gasteiger partial charge on any atom is 0.258 e. The fourth-order valence-electron chi connectivity index (χ4n) is 3.09. The lowest BCUT2D eigenvalue weighted by atomic mass is 9.94. The lowest BCUT2D eigenvalue weighted by molar-refractivity contribution is -0.132. The highest BCUT2D eigenvalue weighted by Crippen LogP contribution is 2.27. The maximum absolute atomic E-state index is 11.9. The van der Waals surface area contributed by atoms with Gasteiger partial charge < -0.3 is 15.0 Å². The van der Waals surface area contributed by atoms with Gasteiger partial charge in [0.05, 0.1) is 5.02 Å². The topological polar surface area (TPSA) is 58.6 Å². The average molecular weight is 387 g/mol. The molecule has 0 atom stereocenters. The molecule has 1 fully saturated rings. The van der Waals surface area contributed by atoms with Crippen LogP contribution in [0.2, 0.25) is 10.0 Å². The van der Waals surface area contributed by atoms with Gasteiger partial charge in [0.15, 0.2) is 6.61 Å². The van der Waals surface area contributed by atoms with Crippen LogP contribution in [0.25, 0.3) is 0 Å². The van der Waals surface area contributed by atoms with Crippen LogP contribution in [-0.4, -0.2) is 42.5 Å². The molecule has 25 heavy (non-hydrogen) atoms. The Hall–Kier alpha value is -1.46. The number of hydrogen-bond acceptors (Lipinski definition) is 3. The standard InChI is InChI=1S/C18H24Cl2N2O3/c1-13(23)22(15-5-3-2-4-6-15)10-9-21-18(24)12-25-17-8-7-14(19)11-16(17)20/h7-8,11,15H,2-6,9-10,12H2,1H3,(H,21,24). The zero-order valence-corrected chi connectivity index (χ0v) is 15.9. The molecule has 1 aromatic rings. The van der Waals surface area contributed by atoms with Crippen LogP contribution >= 0.6 is 23.2 Å². The zero-order chi connectivity index (χ0) is 18.2. The Kier molecular flexibility index (Phi) is 7.85. The van der Waals surface area contributed by atoms with E-state index in [0.29, 0.717) is 34.9 Å². The van der Waals surface area contributed by atoms with Crippen LogP contribution in [0, 0.1) is 0 Å². The molecule has 1 aliphatic carbocycles. The van der Waals surface area contributed by atoms with Crippen molar-refractivity contribution in [2.45, 2.75) is 45.1 Å². The highest BCUT2D eigenvalue weighted by molar-refractivity contribution is 6.35. The van der Waals surface area contributed by atoms with Crippen LogP contribution < -0.4 is 10.1 Å². The molecule has 2 rings (SSSR count). The predicted molar refractivity (Wildman–Crippen MR) is 99.2 cm³/mol. The summed E-state index contributed by atoms with van der Waals surface area (Å²) in [5.74, 6) is 0.220. The molecule has 1 N–H and O–H groups in total. The van der Waals surface area contributed by atoms with Crippen LogP contribution in [0.5, 0.6) is 5.75 Å². The first-order valence-corrected chi connectivity index (χ1v) is 9.34. The summed E-state index contributed by atoms with van der Waals surface area (Å²) in [4.78, 5) is 25.6. The van der Waals surface area contributed by atoms with Gasteiger partial charge in [-0.25, -0.2) is 0 Å². The Morgan fingerprint density at radius 2 is 1.96 bits per heavy atom. The van der Waals surface area contributed by atoms with Gasteiger partial charge in [-0.2, -0.15) is 0 Å². The van der Waals surface area contributed by atoms with Crippen molar-refractivity contribution in [2.24, 2.45) is 0 Å². The van der Waals surface area contributed by atoms with Gasteiger partial charge in [0, 0.05) is 31.1 Å². The Morgan fingerprint density at radius 1 is 1.24 bits per heavy atom. The second-order valence-corrected chi connectivity index (χ2v) is 7.06. The van der Waals surface area contributed by atoms with Crippen molar-refractivity contribution in [2.75, 3.05) is 19.7 Å². The minimum atomic E-state index is -0.252. The van der Waals surface area contributed by atoms with Crippen LogP contribution in [0.4, 0.5) is 0 Å². The van der Waals surface area contributed by atoms with Crippen LogP contribution in [-0.2, 0) is 9.59 Å². The molecule has 0 spiro atoms. The van der Waals surface area contributed by atoms with Gasteiger partial charge in [0.25, 0.3) is 5.91 Å².